The minimum absolute atomic E-state index is 0.164. The van der Waals surface area contributed by atoms with E-state index in [9.17, 15) is 4.39 Å². The standard InChI is InChI=1S/C17H17BrFN/c18-14-7-8-16(17(19)11-14)15-6-2-1-5-13(15)12-20-9-3-4-10-20/h1-2,5-8,11H,3-4,9-10,12H2/p+1. The lowest BCUT2D eigenvalue weighted by Gasteiger charge is -2.15. The molecule has 1 aliphatic heterocycles. The number of benzene rings is 2. The van der Waals surface area contributed by atoms with E-state index in [1.807, 2.05) is 30.3 Å². The highest BCUT2D eigenvalue weighted by atomic mass is 79.9. The largest absolute Gasteiger partial charge is 0.331 e. The summed E-state index contributed by atoms with van der Waals surface area (Å²) in [6, 6.07) is 13.5. The molecule has 0 atom stereocenters. The smallest absolute Gasteiger partial charge is 0.132 e. The quantitative estimate of drug-likeness (QED) is 0.877. The fourth-order valence-corrected chi connectivity index (χ4v) is 3.30. The molecule has 0 radical (unpaired) electrons. The summed E-state index contributed by atoms with van der Waals surface area (Å²) < 4.78 is 15.0. The SMILES string of the molecule is Fc1cc(Br)ccc1-c1ccccc1C[NH+]1CCCC1. The maximum absolute atomic E-state index is 14.2. The maximum Gasteiger partial charge on any atom is 0.132 e. The van der Waals surface area contributed by atoms with Gasteiger partial charge >= 0.3 is 0 Å². The number of rotatable bonds is 3. The van der Waals surface area contributed by atoms with Crippen molar-refractivity contribution in [2.75, 3.05) is 13.1 Å². The van der Waals surface area contributed by atoms with Crippen LogP contribution in [0.3, 0.4) is 0 Å². The number of hydrogen-bond acceptors (Lipinski definition) is 0. The zero-order valence-corrected chi connectivity index (χ0v) is 12.9. The van der Waals surface area contributed by atoms with E-state index < -0.39 is 0 Å². The van der Waals surface area contributed by atoms with E-state index in [4.69, 9.17) is 0 Å². The van der Waals surface area contributed by atoms with Crippen molar-refractivity contribution in [1.82, 2.24) is 0 Å². The second-order valence-electron chi connectivity index (χ2n) is 5.42. The molecule has 2 aromatic rings. The fourth-order valence-electron chi connectivity index (χ4n) is 2.97. The lowest BCUT2D eigenvalue weighted by molar-refractivity contribution is -0.901. The van der Waals surface area contributed by atoms with Gasteiger partial charge in [0, 0.05) is 28.4 Å². The van der Waals surface area contributed by atoms with Crippen LogP contribution < -0.4 is 4.90 Å². The molecule has 3 heteroatoms. The van der Waals surface area contributed by atoms with Crippen molar-refractivity contribution in [2.24, 2.45) is 0 Å². The first-order chi connectivity index (χ1) is 9.74. The monoisotopic (exact) mass is 334 g/mol. The number of hydrogen-bond donors (Lipinski definition) is 1. The molecule has 0 aliphatic carbocycles. The number of likely N-dealkylation sites (tertiary alicyclic amines) is 1. The Hall–Kier alpha value is -1.19. The van der Waals surface area contributed by atoms with Gasteiger partial charge in [0.05, 0.1) is 13.1 Å². The normalized spacial score (nSPS) is 15.7. The van der Waals surface area contributed by atoms with Gasteiger partial charge in [-0.3, -0.25) is 0 Å². The number of nitrogens with one attached hydrogen (secondary N) is 1. The van der Waals surface area contributed by atoms with Gasteiger partial charge in [-0.05, 0) is 17.7 Å². The van der Waals surface area contributed by atoms with Gasteiger partial charge in [0.15, 0.2) is 0 Å². The molecule has 2 aromatic carbocycles. The first-order valence-corrected chi connectivity index (χ1v) is 7.90. The molecular formula is C17H18BrFN+. The van der Waals surface area contributed by atoms with Crippen molar-refractivity contribution < 1.29 is 9.29 Å². The molecule has 0 saturated carbocycles. The Kier molecular flexibility index (Phi) is 4.18. The van der Waals surface area contributed by atoms with E-state index >= 15 is 0 Å². The Morgan fingerprint density at radius 2 is 1.75 bits per heavy atom. The average molecular weight is 335 g/mol. The van der Waals surface area contributed by atoms with Crippen LogP contribution in [0.15, 0.2) is 46.9 Å². The Labute approximate surface area is 127 Å². The van der Waals surface area contributed by atoms with Gasteiger partial charge < -0.3 is 4.90 Å². The summed E-state index contributed by atoms with van der Waals surface area (Å²) in [5.41, 5.74) is 2.96. The second-order valence-corrected chi connectivity index (χ2v) is 6.33. The Morgan fingerprint density at radius 1 is 1.00 bits per heavy atom. The second kappa shape index (κ2) is 6.06. The van der Waals surface area contributed by atoms with Crippen molar-refractivity contribution in [1.29, 1.82) is 0 Å². The molecule has 1 aliphatic rings. The van der Waals surface area contributed by atoms with Gasteiger partial charge in [-0.25, -0.2) is 4.39 Å². The minimum atomic E-state index is -0.164. The molecule has 1 N–H and O–H groups in total. The van der Waals surface area contributed by atoms with Crippen LogP contribution in [0.4, 0.5) is 4.39 Å². The van der Waals surface area contributed by atoms with Gasteiger partial charge in [-0.1, -0.05) is 46.3 Å². The summed E-state index contributed by atoms with van der Waals surface area (Å²) >= 11 is 3.31. The molecular weight excluding hydrogens is 317 g/mol. The van der Waals surface area contributed by atoms with Gasteiger partial charge in [0.25, 0.3) is 0 Å². The molecule has 0 aromatic heterocycles. The van der Waals surface area contributed by atoms with Crippen molar-refractivity contribution in [3.8, 4) is 11.1 Å². The highest BCUT2D eigenvalue weighted by molar-refractivity contribution is 9.10. The van der Waals surface area contributed by atoms with Crippen LogP contribution in [-0.4, -0.2) is 13.1 Å². The molecule has 0 unspecified atom stereocenters. The van der Waals surface area contributed by atoms with Crippen molar-refractivity contribution in [3.63, 3.8) is 0 Å². The van der Waals surface area contributed by atoms with Gasteiger partial charge in [0.1, 0.15) is 12.4 Å². The molecule has 3 rings (SSSR count). The third kappa shape index (κ3) is 2.94. The molecule has 1 fully saturated rings. The Morgan fingerprint density at radius 3 is 2.50 bits per heavy atom. The van der Waals surface area contributed by atoms with Crippen LogP contribution in [0, 0.1) is 5.82 Å². The molecule has 1 heterocycles. The van der Waals surface area contributed by atoms with Gasteiger partial charge in [-0.2, -0.15) is 0 Å². The van der Waals surface area contributed by atoms with Crippen LogP contribution in [0.25, 0.3) is 11.1 Å². The van der Waals surface area contributed by atoms with Gasteiger partial charge in [0.2, 0.25) is 0 Å². The topological polar surface area (TPSA) is 4.44 Å². The van der Waals surface area contributed by atoms with Crippen LogP contribution in [-0.2, 0) is 6.54 Å². The number of halogens is 2. The highest BCUT2D eigenvalue weighted by Crippen LogP contribution is 2.28. The van der Waals surface area contributed by atoms with Crippen molar-refractivity contribution in [3.05, 3.63) is 58.3 Å². The first-order valence-electron chi connectivity index (χ1n) is 7.11. The third-order valence-corrected chi connectivity index (χ3v) is 4.48. The lowest BCUT2D eigenvalue weighted by atomic mass is 9.99. The highest BCUT2D eigenvalue weighted by Gasteiger charge is 2.18. The van der Waals surface area contributed by atoms with E-state index in [2.05, 4.69) is 22.0 Å². The molecule has 0 spiro atoms. The predicted octanol–water partition coefficient (Wildman–Crippen LogP) is 3.43. The lowest BCUT2D eigenvalue weighted by Crippen LogP contribution is -3.08. The summed E-state index contributed by atoms with van der Waals surface area (Å²) in [6.07, 6.45) is 2.62. The van der Waals surface area contributed by atoms with Crippen LogP contribution >= 0.6 is 15.9 Å². The predicted molar refractivity (Wildman–Crippen MR) is 83.2 cm³/mol. The van der Waals surface area contributed by atoms with Crippen LogP contribution in [0.5, 0.6) is 0 Å². The summed E-state index contributed by atoms with van der Waals surface area (Å²) in [6.45, 7) is 3.46. The van der Waals surface area contributed by atoms with Crippen LogP contribution in [0.2, 0.25) is 0 Å². The zero-order valence-electron chi connectivity index (χ0n) is 11.3. The van der Waals surface area contributed by atoms with E-state index in [-0.39, 0.29) is 5.82 Å². The van der Waals surface area contributed by atoms with E-state index in [0.717, 1.165) is 16.6 Å². The summed E-state index contributed by atoms with van der Waals surface area (Å²) in [5.74, 6) is -0.164. The molecule has 0 bridgehead atoms. The summed E-state index contributed by atoms with van der Waals surface area (Å²) in [5, 5.41) is 0. The van der Waals surface area contributed by atoms with E-state index in [0.29, 0.717) is 5.56 Å². The zero-order chi connectivity index (χ0) is 13.9. The van der Waals surface area contributed by atoms with Crippen LogP contribution in [0.1, 0.15) is 18.4 Å². The number of quaternary nitrogens is 1. The van der Waals surface area contributed by atoms with Crippen molar-refractivity contribution >= 4 is 15.9 Å². The average Bonchev–Trinajstić information content (AvgIpc) is 2.93. The fraction of sp³-hybridized carbons (Fsp3) is 0.294. The van der Waals surface area contributed by atoms with Crippen molar-refractivity contribution in [2.45, 2.75) is 19.4 Å². The molecule has 20 heavy (non-hydrogen) atoms. The molecule has 1 saturated heterocycles. The first kappa shape index (κ1) is 13.8. The Bertz CT molecular complexity index is 606. The maximum atomic E-state index is 14.2. The summed E-state index contributed by atoms with van der Waals surface area (Å²) in [4.78, 5) is 1.61. The molecule has 1 nitrogen and oxygen atoms in total. The molecule has 104 valence electrons. The summed E-state index contributed by atoms with van der Waals surface area (Å²) in [7, 11) is 0. The van der Waals surface area contributed by atoms with E-state index in [1.165, 1.54) is 37.6 Å². The van der Waals surface area contributed by atoms with E-state index in [1.54, 1.807) is 4.90 Å². The minimum Gasteiger partial charge on any atom is -0.331 e. The third-order valence-electron chi connectivity index (χ3n) is 3.99. The molecule has 0 amide bonds. The Balaban J connectivity index is 1.96. The van der Waals surface area contributed by atoms with Gasteiger partial charge in [-0.15, -0.1) is 0 Å².